The van der Waals surface area contributed by atoms with Crippen LogP contribution >= 0.6 is 11.3 Å². The summed E-state index contributed by atoms with van der Waals surface area (Å²) in [5, 5.41) is 7.34. The second-order valence-corrected chi connectivity index (χ2v) is 6.13. The third kappa shape index (κ3) is 2.55. The van der Waals surface area contributed by atoms with Gasteiger partial charge in [0, 0.05) is 5.39 Å². The summed E-state index contributed by atoms with van der Waals surface area (Å²) in [5.74, 6) is -0.620. The van der Waals surface area contributed by atoms with Crippen LogP contribution in [0.4, 0.5) is 5.00 Å². The zero-order valence-electron chi connectivity index (χ0n) is 11.9. The lowest BCUT2D eigenvalue weighted by Gasteiger charge is -2.13. The summed E-state index contributed by atoms with van der Waals surface area (Å²) in [6, 6.07) is 9.03. The molecule has 23 heavy (non-hydrogen) atoms. The maximum Gasteiger partial charge on any atom is 0.348 e. The van der Waals surface area contributed by atoms with Crippen LogP contribution in [0.25, 0.3) is 11.0 Å². The molecular weight excluding hydrogens is 316 g/mol. The van der Waals surface area contributed by atoms with E-state index in [1.165, 1.54) is 11.3 Å². The third-order valence-electron chi connectivity index (χ3n) is 3.56. The molecule has 0 bridgehead atoms. The van der Waals surface area contributed by atoms with Gasteiger partial charge in [0.25, 0.3) is 5.91 Å². The first kappa shape index (κ1) is 13.8. The average molecular weight is 328 g/mol. The van der Waals surface area contributed by atoms with Gasteiger partial charge in [0.15, 0.2) is 0 Å². The number of amides is 1. The lowest BCUT2D eigenvalue weighted by molar-refractivity contribution is 0.0478. The van der Waals surface area contributed by atoms with E-state index >= 15 is 0 Å². The molecule has 2 N–H and O–H groups in total. The van der Waals surface area contributed by atoms with Crippen molar-refractivity contribution in [2.75, 3.05) is 12.0 Å². The van der Waals surface area contributed by atoms with Gasteiger partial charge in [-0.2, -0.15) is 0 Å². The summed E-state index contributed by atoms with van der Waals surface area (Å²) >= 11 is 1.22. The highest BCUT2D eigenvalue weighted by Gasteiger charge is 2.23. The van der Waals surface area contributed by atoms with Crippen LogP contribution in [0, 0.1) is 0 Å². The van der Waals surface area contributed by atoms with Crippen molar-refractivity contribution in [1.29, 1.82) is 0 Å². The van der Waals surface area contributed by atoms with E-state index in [2.05, 4.69) is 10.6 Å². The minimum absolute atomic E-state index is 0.169. The lowest BCUT2D eigenvalue weighted by atomic mass is 10.2. The average Bonchev–Trinajstić information content (AvgIpc) is 3.19. The molecule has 116 valence electrons. The normalized spacial score (nSPS) is 13.3. The molecule has 4 rings (SSSR count). The number of esters is 1. The maximum absolute atomic E-state index is 12.2. The van der Waals surface area contributed by atoms with Gasteiger partial charge >= 0.3 is 5.97 Å². The van der Waals surface area contributed by atoms with Crippen molar-refractivity contribution in [2.24, 2.45) is 0 Å². The standard InChI is InChI=1S/C16H12N2O4S/c19-14-11-6-13(23-15(11)18-8-17-14)16(20)22-7-9-1-2-12-10(5-9)3-4-21-12/h1-6,18H,7-8H2,(H,17,19). The zero-order chi connectivity index (χ0) is 15.8. The fraction of sp³-hybridized carbons (Fsp3) is 0.125. The number of benzene rings is 1. The van der Waals surface area contributed by atoms with E-state index in [0.29, 0.717) is 22.1 Å². The molecule has 1 aliphatic rings. The number of hydrogen-bond donors (Lipinski definition) is 2. The summed E-state index contributed by atoms with van der Waals surface area (Å²) in [6.07, 6.45) is 1.62. The van der Waals surface area contributed by atoms with E-state index < -0.39 is 5.97 Å². The molecule has 0 aliphatic carbocycles. The number of carbonyl (C=O) groups excluding carboxylic acids is 2. The number of hydrogen-bond acceptors (Lipinski definition) is 6. The molecule has 1 aromatic carbocycles. The topological polar surface area (TPSA) is 80.6 Å². The number of ether oxygens (including phenoxy) is 1. The number of nitrogens with one attached hydrogen (secondary N) is 2. The summed E-state index contributed by atoms with van der Waals surface area (Å²) in [5.41, 5.74) is 2.15. The lowest BCUT2D eigenvalue weighted by Crippen LogP contribution is -2.33. The number of furan rings is 1. The minimum Gasteiger partial charge on any atom is -0.464 e. The zero-order valence-corrected chi connectivity index (χ0v) is 12.7. The molecule has 0 saturated heterocycles. The maximum atomic E-state index is 12.2. The van der Waals surface area contributed by atoms with E-state index in [4.69, 9.17) is 9.15 Å². The van der Waals surface area contributed by atoms with Crippen molar-refractivity contribution in [3.8, 4) is 0 Å². The molecule has 0 fully saturated rings. The first-order valence-electron chi connectivity index (χ1n) is 7.00. The Morgan fingerprint density at radius 2 is 2.17 bits per heavy atom. The monoisotopic (exact) mass is 328 g/mol. The van der Waals surface area contributed by atoms with Gasteiger partial charge in [0.05, 0.1) is 18.5 Å². The molecule has 7 heteroatoms. The van der Waals surface area contributed by atoms with Crippen LogP contribution < -0.4 is 10.6 Å². The van der Waals surface area contributed by atoms with Crippen LogP contribution in [-0.2, 0) is 11.3 Å². The Morgan fingerprint density at radius 3 is 3.04 bits per heavy atom. The number of rotatable bonds is 3. The van der Waals surface area contributed by atoms with Gasteiger partial charge in [-0.25, -0.2) is 4.79 Å². The number of anilines is 1. The third-order valence-corrected chi connectivity index (χ3v) is 4.64. The molecule has 1 amide bonds. The van der Waals surface area contributed by atoms with Gasteiger partial charge in [-0.05, 0) is 29.8 Å². The summed E-state index contributed by atoms with van der Waals surface area (Å²) in [4.78, 5) is 24.3. The first-order valence-corrected chi connectivity index (χ1v) is 7.81. The van der Waals surface area contributed by atoms with Gasteiger partial charge in [0.2, 0.25) is 0 Å². The molecule has 0 saturated carbocycles. The molecule has 3 aromatic rings. The van der Waals surface area contributed by atoms with Crippen LogP contribution in [0.15, 0.2) is 41.0 Å². The molecule has 0 spiro atoms. The van der Waals surface area contributed by atoms with E-state index in [1.54, 1.807) is 12.3 Å². The van der Waals surface area contributed by atoms with Crippen molar-refractivity contribution < 1.29 is 18.7 Å². The largest absolute Gasteiger partial charge is 0.464 e. The highest BCUT2D eigenvalue weighted by molar-refractivity contribution is 7.18. The van der Waals surface area contributed by atoms with E-state index in [9.17, 15) is 9.59 Å². The highest BCUT2D eigenvalue weighted by Crippen LogP contribution is 2.30. The molecular formula is C16H12N2O4S. The van der Waals surface area contributed by atoms with Crippen molar-refractivity contribution in [3.05, 3.63) is 52.6 Å². The van der Waals surface area contributed by atoms with Gasteiger partial charge < -0.3 is 19.8 Å². The molecule has 1 aliphatic heterocycles. The Balaban J connectivity index is 1.48. The fourth-order valence-electron chi connectivity index (χ4n) is 2.42. The molecule has 3 heterocycles. The molecule has 2 aromatic heterocycles. The highest BCUT2D eigenvalue weighted by atomic mass is 32.1. The van der Waals surface area contributed by atoms with Crippen molar-refractivity contribution >= 4 is 39.2 Å². The van der Waals surface area contributed by atoms with Crippen LogP contribution in [0.3, 0.4) is 0 Å². The van der Waals surface area contributed by atoms with Crippen molar-refractivity contribution in [3.63, 3.8) is 0 Å². The Hall–Kier alpha value is -2.80. The predicted molar refractivity (Wildman–Crippen MR) is 85.6 cm³/mol. The quantitative estimate of drug-likeness (QED) is 0.723. The summed E-state index contributed by atoms with van der Waals surface area (Å²) in [7, 11) is 0. The van der Waals surface area contributed by atoms with E-state index in [0.717, 1.165) is 16.5 Å². The fourth-order valence-corrected chi connectivity index (χ4v) is 3.36. The van der Waals surface area contributed by atoms with Gasteiger partial charge in [-0.3, -0.25) is 4.79 Å². The number of fused-ring (bicyclic) bond motifs is 2. The predicted octanol–water partition coefficient (Wildman–Crippen LogP) is 2.96. The molecule has 0 atom stereocenters. The Bertz CT molecular complexity index is 912. The SMILES string of the molecule is O=C(OCc1ccc2occc2c1)c1cc2c(s1)NCNC2=O. The molecule has 0 radical (unpaired) electrons. The van der Waals surface area contributed by atoms with Crippen LogP contribution in [-0.4, -0.2) is 18.5 Å². The van der Waals surface area contributed by atoms with Gasteiger partial charge in [-0.1, -0.05) is 6.07 Å². The smallest absolute Gasteiger partial charge is 0.348 e. The van der Waals surface area contributed by atoms with E-state index in [1.807, 2.05) is 24.3 Å². The summed E-state index contributed by atoms with van der Waals surface area (Å²) < 4.78 is 10.6. The van der Waals surface area contributed by atoms with Crippen LogP contribution in [0.5, 0.6) is 0 Å². The van der Waals surface area contributed by atoms with Crippen molar-refractivity contribution in [1.82, 2.24) is 5.32 Å². The Kier molecular flexibility index (Phi) is 3.27. The van der Waals surface area contributed by atoms with Crippen LogP contribution in [0.2, 0.25) is 0 Å². The number of thiophene rings is 1. The van der Waals surface area contributed by atoms with Crippen molar-refractivity contribution in [2.45, 2.75) is 6.61 Å². The Labute approximate surface area is 135 Å². The van der Waals surface area contributed by atoms with Crippen LogP contribution in [0.1, 0.15) is 25.6 Å². The second kappa shape index (κ2) is 5.44. The second-order valence-electron chi connectivity index (χ2n) is 5.08. The Morgan fingerprint density at radius 1 is 1.26 bits per heavy atom. The van der Waals surface area contributed by atoms with E-state index in [-0.39, 0.29) is 12.5 Å². The minimum atomic E-state index is -0.439. The van der Waals surface area contributed by atoms with Gasteiger partial charge in [-0.15, -0.1) is 11.3 Å². The first-order chi connectivity index (χ1) is 11.2. The molecule has 0 unspecified atom stereocenters. The number of carbonyl (C=O) groups is 2. The summed E-state index contributed by atoms with van der Waals surface area (Å²) in [6.45, 7) is 0.535. The molecule has 6 nitrogen and oxygen atoms in total. The van der Waals surface area contributed by atoms with Gasteiger partial charge in [0.1, 0.15) is 22.1 Å².